The fourth-order valence-corrected chi connectivity index (χ4v) is 3.15. The summed E-state index contributed by atoms with van der Waals surface area (Å²) in [6, 6.07) is 13.5. The first-order chi connectivity index (χ1) is 12.7. The van der Waals surface area contributed by atoms with Gasteiger partial charge in [0.15, 0.2) is 0 Å². The highest BCUT2D eigenvalue weighted by molar-refractivity contribution is 5.94. The molecule has 3 heterocycles. The number of hydrogen-bond acceptors (Lipinski definition) is 5. The normalized spacial score (nSPS) is 16.7. The number of likely N-dealkylation sites (tertiary alicyclic amines) is 1. The topological polar surface area (TPSA) is 73.1 Å². The largest absolute Gasteiger partial charge is 0.481 e. The zero-order valence-electron chi connectivity index (χ0n) is 14.4. The van der Waals surface area contributed by atoms with Gasteiger partial charge in [-0.15, -0.1) is 5.10 Å². The lowest BCUT2D eigenvalue weighted by Crippen LogP contribution is -2.29. The van der Waals surface area contributed by atoms with Crippen LogP contribution in [0.5, 0.6) is 5.88 Å². The SMILES string of the molecule is COc1ccc(C(=O)N2CC[C@@H](n3cc(-c4ccccc4)nn3)C2)cn1. The fourth-order valence-electron chi connectivity index (χ4n) is 3.15. The van der Waals surface area contributed by atoms with E-state index in [0.29, 0.717) is 24.5 Å². The number of carbonyl (C=O) groups excluding carboxylic acids is 1. The Kier molecular flexibility index (Phi) is 4.35. The molecule has 0 spiro atoms. The van der Waals surface area contributed by atoms with Crippen molar-refractivity contribution in [2.75, 3.05) is 20.2 Å². The quantitative estimate of drug-likeness (QED) is 0.723. The van der Waals surface area contributed by atoms with Crippen molar-refractivity contribution >= 4 is 5.91 Å². The molecule has 132 valence electrons. The molecule has 7 nitrogen and oxygen atoms in total. The van der Waals surface area contributed by atoms with E-state index in [-0.39, 0.29) is 11.9 Å². The Morgan fingerprint density at radius 1 is 1.19 bits per heavy atom. The van der Waals surface area contributed by atoms with Crippen LogP contribution in [0.25, 0.3) is 11.3 Å². The molecule has 1 aliphatic rings. The van der Waals surface area contributed by atoms with Crippen LogP contribution >= 0.6 is 0 Å². The lowest BCUT2D eigenvalue weighted by Gasteiger charge is -2.16. The summed E-state index contributed by atoms with van der Waals surface area (Å²) in [4.78, 5) is 18.6. The van der Waals surface area contributed by atoms with Crippen molar-refractivity contribution in [1.82, 2.24) is 24.9 Å². The van der Waals surface area contributed by atoms with E-state index in [1.165, 1.54) is 0 Å². The highest BCUT2D eigenvalue weighted by Crippen LogP contribution is 2.24. The van der Waals surface area contributed by atoms with Crippen LogP contribution in [-0.2, 0) is 0 Å². The Bertz CT molecular complexity index is 892. The van der Waals surface area contributed by atoms with Gasteiger partial charge in [-0.1, -0.05) is 35.5 Å². The Morgan fingerprint density at radius 3 is 2.77 bits per heavy atom. The molecule has 1 aliphatic heterocycles. The first-order valence-corrected chi connectivity index (χ1v) is 8.51. The molecule has 1 fully saturated rings. The van der Waals surface area contributed by atoms with Gasteiger partial charge in [-0.2, -0.15) is 0 Å². The van der Waals surface area contributed by atoms with Crippen molar-refractivity contribution in [3.63, 3.8) is 0 Å². The van der Waals surface area contributed by atoms with E-state index in [0.717, 1.165) is 17.7 Å². The molecule has 0 unspecified atom stereocenters. The van der Waals surface area contributed by atoms with Crippen molar-refractivity contribution in [3.8, 4) is 17.1 Å². The molecule has 1 amide bonds. The maximum absolute atomic E-state index is 12.6. The Labute approximate surface area is 151 Å². The van der Waals surface area contributed by atoms with E-state index >= 15 is 0 Å². The second-order valence-electron chi connectivity index (χ2n) is 6.23. The van der Waals surface area contributed by atoms with Crippen LogP contribution in [0.1, 0.15) is 22.8 Å². The van der Waals surface area contributed by atoms with Crippen LogP contribution in [0.4, 0.5) is 0 Å². The Balaban J connectivity index is 1.45. The third-order valence-electron chi connectivity index (χ3n) is 4.60. The number of ether oxygens (including phenoxy) is 1. The van der Waals surface area contributed by atoms with E-state index in [1.807, 2.05) is 46.1 Å². The number of rotatable bonds is 4. The van der Waals surface area contributed by atoms with E-state index in [2.05, 4.69) is 15.3 Å². The molecule has 1 aromatic carbocycles. The maximum Gasteiger partial charge on any atom is 0.255 e. The molecule has 7 heteroatoms. The van der Waals surface area contributed by atoms with Gasteiger partial charge in [0.2, 0.25) is 5.88 Å². The molecule has 2 aromatic heterocycles. The number of nitrogens with zero attached hydrogens (tertiary/aromatic N) is 5. The highest BCUT2D eigenvalue weighted by atomic mass is 16.5. The summed E-state index contributed by atoms with van der Waals surface area (Å²) >= 11 is 0. The van der Waals surface area contributed by atoms with Crippen molar-refractivity contribution in [1.29, 1.82) is 0 Å². The molecule has 3 aromatic rings. The molecule has 1 atom stereocenters. The summed E-state index contributed by atoms with van der Waals surface area (Å²) in [5, 5.41) is 8.53. The van der Waals surface area contributed by atoms with Gasteiger partial charge in [0.05, 0.1) is 24.9 Å². The van der Waals surface area contributed by atoms with E-state index in [1.54, 1.807) is 25.4 Å². The number of pyridine rings is 1. The first-order valence-electron chi connectivity index (χ1n) is 8.51. The maximum atomic E-state index is 12.6. The van der Waals surface area contributed by atoms with Gasteiger partial charge in [-0.05, 0) is 12.5 Å². The zero-order valence-corrected chi connectivity index (χ0v) is 14.4. The summed E-state index contributed by atoms with van der Waals surface area (Å²) in [6.07, 6.45) is 4.35. The zero-order chi connectivity index (χ0) is 17.9. The predicted octanol–water partition coefficient (Wildman–Crippen LogP) is 2.44. The molecular weight excluding hydrogens is 330 g/mol. The summed E-state index contributed by atoms with van der Waals surface area (Å²) < 4.78 is 6.90. The minimum Gasteiger partial charge on any atom is -0.481 e. The lowest BCUT2D eigenvalue weighted by atomic mass is 10.2. The summed E-state index contributed by atoms with van der Waals surface area (Å²) in [7, 11) is 1.55. The van der Waals surface area contributed by atoms with E-state index in [4.69, 9.17) is 4.74 Å². The number of aromatic nitrogens is 4. The van der Waals surface area contributed by atoms with Crippen molar-refractivity contribution < 1.29 is 9.53 Å². The highest BCUT2D eigenvalue weighted by Gasteiger charge is 2.29. The summed E-state index contributed by atoms with van der Waals surface area (Å²) in [5.41, 5.74) is 2.44. The number of benzene rings is 1. The van der Waals surface area contributed by atoms with Gasteiger partial charge in [-0.3, -0.25) is 4.79 Å². The van der Waals surface area contributed by atoms with Crippen molar-refractivity contribution in [2.24, 2.45) is 0 Å². The fraction of sp³-hybridized carbons (Fsp3) is 0.263. The molecule has 0 N–H and O–H groups in total. The minimum absolute atomic E-state index is 0.0222. The summed E-state index contributed by atoms with van der Waals surface area (Å²) in [5.74, 6) is 0.475. The lowest BCUT2D eigenvalue weighted by molar-refractivity contribution is 0.0786. The van der Waals surface area contributed by atoms with Gasteiger partial charge in [0.1, 0.15) is 5.69 Å². The second-order valence-corrected chi connectivity index (χ2v) is 6.23. The molecule has 1 saturated heterocycles. The molecule has 4 rings (SSSR count). The van der Waals surface area contributed by atoms with E-state index in [9.17, 15) is 4.79 Å². The number of carbonyl (C=O) groups is 1. The van der Waals surface area contributed by atoms with Gasteiger partial charge >= 0.3 is 0 Å². The molecule has 26 heavy (non-hydrogen) atoms. The van der Waals surface area contributed by atoms with Crippen LogP contribution in [0.15, 0.2) is 54.9 Å². The first kappa shape index (κ1) is 16.3. The van der Waals surface area contributed by atoms with Gasteiger partial charge < -0.3 is 9.64 Å². The number of hydrogen-bond donors (Lipinski definition) is 0. The van der Waals surface area contributed by atoms with E-state index < -0.39 is 0 Å². The third kappa shape index (κ3) is 3.15. The smallest absolute Gasteiger partial charge is 0.255 e. The third-order valence-corrected chi connectivity index (χ3v) is 4.60. The van der Waals surface area contributed by atoms with Crippen molar-refractivity contribution in [3.05, 3.63) is 60.4 Å². The Morgan fingerprint density at radius 2 is 2.04 bits per heavy atom. The van der Waals surface area contributed by atoms with Crippen LogP contribution in [-0.4, -0.2) is 51.0 Å². The monoisotopic (exact) mass is 349 g/mol. The van der Waals surface area contributed by atoms with Crippen LogP contribution in [0.3, 0.4) is 0 Å². The van der Waals surface area contributed by atoms with Gasteiger partial charge in [0.25, 0.3) is 5.91 Å². The van der Waals surface area contributed by atoms with Crippen molar-refractivity contribution in [2.45, 2.75) is 12.5 Å². The van der Waals surface area contributed by atoms with Gasteiger partial charge in [0, 0.05) is 30.9 Å². The molecule has 0 bridgehead atoms. The standard InChI is InChI=1S/C19H19N5O2/c1-26-18-8-7-15(11-20-18)19(25)23-10-9-16(12-23)24-13-17(21-22-24)14-5-3-2-4-6-14/h2-8,11,13,16H,9-10,12H2,1H3/t16-/m1/s1. The second kappa shape index (κ2) is 6.95. The predicted molar refractivity (Wildman–Crippen MR) is 95.8 cm³/mol. The average molecular weight is 349 g/mol. The van der Waals surface area contributed by atoms with Gasteiger partial charge in [-0.25, -0.2) is 9.67 Å². The van der Waals surface area contributed by atoms with Crippen LogP contribution < -0.4 is 4.74 Å². The number of amides is 1. The molecule has 0 radical (unpaired) electrons. The Hall–Kier alpha value is -3.22. The molecule has 0 aliphatic carbocycles. The minimum atomic E-state index is -0.0222. The molecular formula is C19H19N5O2. The molecule has 0 saturated carbocycles. The van der Waals surface area contributed by atoms with Crippen LogP contribution in [0.2, 0.25) is 0 Å². The summed E-state index contributed by atoms with van der Waals surface area (Å²) in [6.45, 7) is 1.30. The average Bonchev–Trinajstić information content (AvgIpc) is 3.38. The number of methoxy groups -OCH3 is 1. The van der Waals surface area contributed by atoms with Crippen LogP contribution in [0, 0.1) is 0 Å².